The van der Waals surface area contributed by atoms with E-state index < -0.39 is 11.4 Å². The summed E-state index contributed by atoms with van der Waals surface area (Å²) in [6.45, 7) is 14.7. The number of hydrogen-bond acceptors (Lipinski definition) is 4. The predicted molar refractivity (Wildman–Crippen MR) is 122 cm³/mol. The second-order valence-corrected chi connectivity index (χ2v) is 9.79. The highest BCUT2D eigenvalue weighted by atomic mass is 16.5. The molecular formula is C27H32O4. The molecule has 4 heteroatoms. The maximum Gasteiger partial charge on any atom is 0.333 e. The van der Waals surface area contributed by atoms with Crippen molar-refractivity contribution in [2.24, 2.45) is 5.92 Å². The summed E-state index contributed by atoms with van der Waals surface area (Å²) in [6.07, 6.45) is 0.895. The highest BCUT2D eigenvalue weighted by Crippen LogP contribution is 2.51. The third kappa shape index (κ3) is 4.16. The van der Waals surface area contributed by atoms with E-state index in [1.807, 2.05) is 30.3 Å². The van der Waals surface area contributed by atoms with Gasteiger partial charge < -0.3 is 9.47 Å². The van der Waals surface area contributed by atoms with E-state index in [-0.39, 0.29) is 23.4 Å². The second-order valence-electron chi connectivity index (χ2n) is 9.79. The van der Waals surface area contributed by atoms with Gasteiger partial charge in [-0.15, -0.1) is 0 Å². The molecule has 2 aromatic rings. The van der Waals surface area contributed by atoms with Crippen LogP contribution >= 0.6 is 0 Å². The number of carbonyl (C=O) groups is 2. The molecule has 2 aromatic carbocycles. The zero-order valence-corrected chi connectivity index (χ0v) is 19.4. The van der Waals surface area contributed by atoms with Crippen molar-refractivity contribution in [3.8, 4) is 5.75 Å². The van der Waals surface area contributed by atoms with Crippen LogP contribution in [0.25, 0.3) is 0 Å². The maximum atomic E-state index is 13.6. The second kappa shape index (κ2) is 8.33. The third-order valence-electron chi connectivity index (χ3n) is 5.88. The van der Waals surface area contributed by atoms with E-state index in [2.05, 4.69) is 53.3 Å². The number of carbonyl (C=O) groups excluding carboxylic acids is 2. The zero-order chi connectivity index (χ0) is 23.0. The van der Waals surface area contributed by atoms with Crippen molar-refractivity contribution in [3.05, 3.63) is 76.9 Å². The number of benzene rings is 2. The molecule has 0 saturated carbocycles. The third-order valence-corrected chi connectivity index (χ3v) is 5.88. The van der Waals surface area contributed by atoms with Crippen molar-refractivity contribution in [1.29, 1.82) is 0 Å². The molecule has 4 nitrogen and oxygen atoms in total. The van der Waals surface area contributed by atoms with Crippen LogP contribution in [0.2, 0.25) is 0 Å². The molecule has 1 aliphatic rings. The molecule has 0 spiro atoms. The van der Waals surface area contributed by atoms with Crippen LogP contribution in [0.5, 0.6) is 5.75 Å². The molecule has 0 amide bonds. The molecule has 0 radical (unpaired) electrons. The summed E-state index contributed by atoms with van der Waals surface area (Å²) in [4.78, 5) is 25.8. The van der Waals surface area contributed by atoms with Gasteiger partial charge in [-0.1, -0.05) is 83.7 Å². The van der Waals surface area contributed by atoms with E-state index in [0.717, 1.165) is 28.7 Å². The molecule has 164 valence electrons. The van der Waals surface area contributed by atoms with Gasteiger partial charge in [-0.05, 0) is 34.4 Å². The van der Waals surface area contributed by atoms with Gasteiger partial charge in [0.25, 0.3) is 0 Å². The standard InChI is InChI=1S/C27H32O4/c1-17(2)13-19-14-21(26(4,5)6)15-22-23(19)31-25(29)27(22,16-18(3)24(28)30-7)20-11-9-8-10-12-20/h8-12,14-15,17H,3,13,16H2,1-2,4-7H3. The lowest BCUT2D eigenvalue weighted by Gasteiger charge is -2.29. The Morgan fingerprint density at radius 3 is 2.35 bits per heavy atom. The molecule has 1 aliphatic heterocycles. The minimum absolute atomic E-state index is 0.101. The maximum absolute atomic E-state index is 13.6. The van der Waals surface area contributed by atoms with E-state index in [1.165, 1.54) is 7.11 Å². The van der Waals surface area contributed by atoms with Gasteiger partial charge in [0, 0.05) is 17.6 Å². The SMILES string of the molecule is C=C(CC1(c2ccccc2)C(=O)Oc2c(CC(C)C)cc(C(C)(C)C)cc21)C(=O)OC. The monoisotopic (exact) mass is 420 g/mol. The zero-order valence-electron chi connectivity index (χ0n) is 19.4. The first-order valence-corrected chi connectivity index (χ1v) is 10.7. The van der Waals surface area contributed by atoms with Gasteiger partial charge in [-0.3, -0.25) is 4.79 Å². The lowest BCUT2D eigenvalue weighted by Crippen LogP contribution is -2.36. The fraction of sp³-hybridized carbons (Fsp3) is 0.407. The van der Waals surface area contributed by atoms with E-state index >= 15 is 0 Å². The highest BCUT2D eigenvalue weighted by Gasteiger charge is 2.52. The summed E-state index contributed by atoms with van der Waals surface area (Å²) in [7, 11) is 1.32. The Balaban J connectivity index is 2.33. The van der Waals surface area contributed by atoms with Crippen LogP contribution in [-0.2, 0) is 31.6 Å². The van der Waals surface area contributed by atoms with Crippen molar-refractivity contribution in [1.82, 2.24) is 0 Å². The number of rotatable bonds is 6. The smallest absolute Gasteiger partial charge is 0.333 e. The van der Waals surface area contributed by atoms with Crippen molar-refractivity contribution in [2.75, 3.05) is 7.11 Å². The van der Waals surface area contributed by atoms with Crippen LogP contribution in [0, 0.1) is 5.92 Å². The summed E-state index contributed by atoms with van der Waals surface area (Å²) < 4.78 is 10.8. The van der Waals surface area contributed by atoms with Gasteiger partial charge in [0.15, 0.2) is 0 Å². The van der Waals surface area contributed by atoms with E-state index in [1.54, 1.807) is 0 Å². The molecule has 3 rings (SSSR count). The van der Waals surface area contributed by atoms with Crippen LogP contribution in [0.3, 0.4) is 0 Å². The van der Waals surface area contributed by atoms with Crippen molar-refractivity contribution in [3.63, 3.8) is 0 Å². The van der Waals surface area contributed by atoms with Crippen LogP contribution in [0.15, 0.2) is 54.6 Å². The molecule has 0 N–H and O–H groups in total. The first-order chi connectivity index (χ1) is 14.5. The number of fused-ring (bicyclic) bond motifs is 1. The fourth-order valence-corrected chi connectivity index (χ4v) is 4.24. The first-order valence-electron chi connectivity index (χ1n) is 10.7. The minimum Gasteiger partial charge on any atom is -0.466 e. The molecule has 0 aromatic heterocycles. The Kier molecular flexibility index (Phi) is 6.13. The van der Waals surface area contributed by atoms with Gasteiger partial charge in [0.1, 0.15) is 11.2 Å². The molecule has 0 aliphatic carbocycles. The minimum atomic E-state index is -1.14. The summed E-state index contributed by atoms with van der Waals surface area (Å²) in [5.41, 5.74) is 2.71. The Bertz CT molecular complexity index is 1010. The summed E-state index contributed by atoms with van der Waals surface area (Å²) in [6, 6.07) is 13.7. The van der Waals surface area contributed by atoms with Crippen LogP contribution < -0.4 is 4.74 Å². The Morgan fingerprint density at radius 1 is 1.16 bits per heavy atom. The quantitative estimate of drug-likeness (QED) is 0.351. The lowest BCUT2D eigenvalue weighted by molar-refractivity contribution is -0.138. The van der Waals surface area contributed by atoms with Crippen molar-refractivity contribution in [2.45, 2.75) is 58.3 Å². The van der Waals surface area contributed by atoms with E-state index in [4.69, 9.17) is 9.47 Å². The molecule has 0 fully saturated rings. The molecule has 1 atom stereocenters. The van der Waals surface area contributed by atoms with Gasteiger partial charge in [0.05, 0.1) is 7.11 Å². The van der Waals surface area contributed by atoms with Crippen molar-refractivity contribution < 1.29 is 19.1 Å². The predicted octanol–water partition coefficient (Wildman–Crippen LogP) is 5.51. The molecular weight excluding hydrogens is 388 g/mol. The fourth-order valence-electron chi connectivity index (χ4n) is 4.24. The van der Waals surface area contributed by atoms with Gasteiger partial charge in [-0.2, -0.15) is 0 Å². The van der Waals surface area contributed by atoms with Crippen LogP contribution in [0.1, 0.15) is 63.3 Å². The van der Waals surface area contributed by atoms with E-state index in [0.29, 0.717) is 11.7 Å². The average Bonchev–Trinajstić information content (AvgIpc) is 2.99. The van der Waals surface area contributed by atoms with Gasteiger partial charge in [-0.25, -0.2) is 4.79 Å². The number of esters is 2. The van der Waals surface area contributed by atoms with Gasteiger partial charge >= 0.3 is 11.9 Å². The summed E-state index contributed by atoms with van der Waals surface area (Å²) in [5.74, 6) is 0.115. The van der Waals surface area contributed by atoms with Crippen LogP contribution in [0.4, 0.5) is 0 Å². The molecule has 0 bridgehead atoms. The molecule has 1 heterocycles. The first kappa shape index (κ1) is 22.8. The van der Waals surface area contributed by atoms with Gasteiger partial charge in [0.2, 0.25) is 0 Å². The molecule has 1 unspecified atom stereocenters. The highest BCUT2D eigenvalue weighted by molar-refractivity contribution is 5.98. The molecule has 31 heavy (non-hydrogen) atoms. The van der Waals surface area contributed by atoms with E-state index in [9.17, 15) is 9.59 Å². The number of methoxy groups -OCH3 is 1. The Morgan fingerprint density at radius 2 is 1.81 bits per heavy atom. The number of ether oxygens (including phenoxy) is 2. The largest absolute Gasteiger partial charge is 0.466 e. The topological polar surface area (TPSA) is 52.6 Å². The Labute approximate surface area is 185 Å². The normalized spacial score (nSPS) is 18.0. The number of hydrogen-bond donors (Lipinski definition) is 0. The van der Waals surface area contributed by atoms with Crippen LogP contribution in [-0.4, -0.2) is 19.0 Å². The molecule has 0 saturated heterocycles. The van der Waals surface area contributed by atoms with Crippen molar-refractivity contribution >= 4 is 11.9 Å². The average molecular weight is 421 g/mol. The Hall–Kier alpha value is -2.88. The summed E-state index contributed by atoms with van der Waals surface area (Å²) in [5, 5.41) is 0. The lowest BCUT2D eigenvalue weighted by atomic mass is 9.69. The summed E-state index contributed by atoms with van der Waals surface area (Å²) >= 11 is 0.